The van der Waals surface area contributed by atoms with Crippen molar-refractivity contribution in [3.8, 4) is 17.0 Å². The Morgan fingerprint density at radius 1 is 0.532 bits per heavy atom. The molecule has 4 aliphatic carbocycles. The van der Waals surface area contributed by atoms with Crippen molar-refractivity contribution in [1.29, 1.82) is 0 Å². The number of carbonyl (C=O) groups excluding carboxylic acids is 4. The van der Waals surface area contributed by atoms with Crippen molar-refractivity contribution in [2.24, 2.45) is 20.4 Å². The number of nitro benzene ring substituents is 1. The summed E-state index contributed by atoms with van der Waals surface area (Å²) < 4.78 is 5.13. The topological polar surface area (TPSA) is 333 Å². The number of amides is 4. The predicted molar refractivity (Wildman–Crippen MR) is 359 cm³/mol. The third-order valence-electron chi connectivity index (χ3n) is 16.3. The second kappa shape index (κ2) is 30.5. The molecule has 4 aromatic heterocycles. The van der Waals surface area contributed by atoms with E-state index in [9.17, 15) is 29.3 Å². The predicted octanol–water partition coefficient (Wildman–Crippen LogP) is 10.8. The molecule has 10 aromatic rings. The summed E-state index contributed by atoms with van der Waals surface area (Å²) in [6.45, 7) is 1.89. The number of aryl methyl sites for hydroxylation is 4. The van der Waals surface area contributed by atoms with Crippen molar-refractivity contribution in [2.45, 2.75) is 90.4 Å². The van der Waals surface area contributed by atoms with Gasteiger partial charge in [-0.05, 0) is 160 Å². The highest BCUT2D eigenvalue weighted by molar-refractivity contribution is 6.30. The molecule has 4 heterocycles. The van der Waals surface area contributed by atoms with Gasteiger partial charge < -0.3 is 4.74 Å². The Balaban J connectivity index is 0.000000129. The number of H-pyrrole nitrogens is 4. The van der Waals surface area contributed by atoms with Crippen LogP contribution in [0.25, 0.3) is 22.0 Å². The lowest BCUT2D eigenvalue weighted by Crippen LogP contribution is -2.21. The van der Waals surface area contributed by atoms with Crippen LogP contribution in [0.4, 0.5) is 5.69 Å². The second-order valence-corrected chi connectivity index (χ2v) is 22.8. The Kier molecular flexibility index (Phi) is 20.8. The van der Waals surface area contributed by atoms with Gasteiger partial charge >= 0.3 is 0 Å². The van der Waals surface area contributed by atoms with Gasteiger partial charge in [0.1, 0.15) is 11.4 Å². The number of nitrogens with one attached hydrogen (secondary N) is 8. The molecule has 94 heavy (non-hydrogen) atoms. The fraction of sp³-hybridized carbons (Fsp3) is 0.217. The summed E-state index contributed by atoms with van der Waals surface area (Å²) in [4.78, 5) is 59.6. The van der Waals surface area contributed by atoms with E-state index < -0.39 is 10.8 Å². The summed E-state index contributed by atoms with van der Waals surface area (Å²) in [6, 6.07) is 43.1. The van der Waals surface area contributed by atoms with E-state index >= 15 is 0 Å². The van der Waals surface area contributed by atoms with Crippen molar-refractivity contribution >= 4 is 76.0 Å². The summed E-state index contributed by atoms with van der Waals surface area (Å²) in [6.07, 6.45) is 17.1. The molecular formula is C69H66ClN17O7. The number of hydrogen-bond donors (Lipinski definition) is 8. The van der Waals surface area contributed by atoms with Gasteiger partial charge in [0, 0.05) is 56.0 Å². The molecule has 0 fully saturated rings. The largest absolute Gasteiger partial charge is 0.497 e. The molecule has 4 aliphatic rings. The van der Waals surface area contributed by atoms with Crippen LogP contribution >= 0.6 is 11.6 Å². The Bertz CT molecular complexity index is 4540. The molecular weight excluding hydrogens is 1210 g/mol. The maximum Gasteiger partial charge on any atom is 0.292 e. The lowest BCUT2D eigenvalue weighted by atomic mass is 9.89. The third-order valence-corrected chi connectivity index (χ3v) is 16.5. The number of hydrogen-bond acceptors (Lipinski definition) is 15. The molecule has 0 spiro atoms. The summed E-state index contributed by atoms with van der Waals surface area (Å²) in [5, 5.41) is 58.3. The normalized spacial score (nSPS) is 13.5. The first-order valence-corrected chi connectivity index (χ1v) is 31.1. The van der Waals surface area contributed by atoms with E-state index in [0.29, 0.717) is 39.8 Å². The number of nitro groups is 1. The van der Waals surface area contributed by atoms with E-state index in [1.165, 1.54) is 23.2 Å². The first-order valence-electron chi connectivity index (χ1n) is 30.7. The number of rotatable bonds is 14. The van der Waals surface area contributed by atoms with E-state index in [4.69, 9.17) is 16.3 Å². The highest BCUT2D eigenvalue weighted by atomic mass is 35.5. The van der Waals surface area contributed by atoms with Crippen LogP contribution in [0.5, 0.6) is 5.75 Å². The zero-order chi connectivity index (χ0) is 65.3. The molecule has 6 aromatic carbocycles. The minimum Gasteiger partial charge on any atom is -0.497 e. The SMILES string of the molecule is C/C(=N\NC(=O)c1n[nH]c2c1CCCC2)c1ccc2ccccc2c1.COc1cccc(/C=N\NC(=O)c2n[nH]c3c2CCC3)c1.O=C(N/N=C/c1ccc(Cl)cc1)c1n[nH]c2c1CCCC2.O=C(N/N=C\c1ccccc1[N+](=O)[O-])c1[nH]nc2c1CCc1ccccc1-2. The Hall–Kier alpha value is -11.5. The number of ether oxygens (including phenoxy) is 1. The van der Waals surface area contributed by atoms with Crippen molar-refractivity contribution in [3.63, 3.8) is 0 Å². The molecule has 25 heteroatoms. The Morgan fingerprint density at radius 3 is 1.77 bits per heavy atom. The summed E-state index contributed by atoms with van der Waals surface area (Å²) in [5.74, 6) is -0.499. The standard InChI is InChI=1S/C20H20N4O.C19H15N5O3.C15H15ClN4O.C15H16N4O2/c1-13(15-11-10-14-6-2-3-7-16(14)12-15)21-24-20(25)19-17-8-4-5-9-18(17)22-23-19;25-19(23-20-11-13-6-2-4-8-16(13)24(26)27)18-15-10-9-12-5-1-3-7-14(12)17(15)21-22-18;16-11-7-5-10(6-8-11)9-17-20-15(21)14-12-3-1-2-4-13(12)18-19-14;1-21-11-5-2-4-10(8-11)9-16-19-15(20)14-12-6-3-7-13(12)17-18-14/h2-3,6-7,10-12H,4-5,8-9H2,1H3,(H,22,23)(H,24,25);1-8,11H,9-10H2,(H,21,22)(H,23,25);5-9H,1-4H2,(H,18,19)(H,20,21);2,4-5,8-9H,3,6-7H2,1H3,(H,17,18)(H,19,20)/b21-13+;20-11-;17-9+;16-9-. The van der Waals surface area contributed by atoms with Gasteiger partial charge in [0.25, 0.3) is 29.3 Å². The van der Waals surface area contributed by atoms with Gasteiger partial charge in [-0.25, -0.2) is 21.7 Å². The lowest BCUT2D eigenvalue weighted by Gasteiger charge is -2.15. The van der Waals surface area contributed by atoms with Crippen LogP contribution in [0.2, 0.25) is 5.02 Å². The average molecular weight is 1280 g/mol. The number of para-hydroxylation sites is 1. The van der Waals surface area contributed by atoms with Crippen LogP contribution in [-0.4, -0.2) is 101 Å². The average Bonchev–Trinajstić information content (AvgIpc) is 1.59. The van der Waals surface area contributed by atoms with Crippen LogP contribution in [0.1, 0.15) is 148 Å². The smallest absolute Gasteiger partial charge is 0.292 e. The molecule has 0 aliphatic heterocycles. The minimum atomic E-state index is -0.494. The van der Waals surface area contributed by atoms with Gasteiger partial charge in [0.05, 0.1) is 47.6 Å². The van der Waals surface area contributed by atoms with E-state index in [2.05, 4.69) is 113 Å². The van der Waals surface area contributed by atoms with Crippen LogP contribution < -0.4 is 26.4 Å². The summed E-state index contributed by atoms with van der Waals surface area (Å²) in [5.41, 5.74) is 25.7. The van der Waals surface area contributed by atoms with Crippen molar-refractivity contribution in [3.05, 3.63) is 245 Å². The molecule has 0 radical (unpaired) electrons. The van der Waals surface area contributed by atoms with Crippen molar-refractivity contribution in [1.82, 2.24) is 62.5 Å². The van der Waals surface area contributed by atoms with Crippen molar-refractivity contribution in [2.75, 3.05) is 7.11 Å². The van der Waals surface area contributed by atoms with E-state index in [0.717, 1.165) is 161 Å². The number of nitrogens with zero attached hydrogens (tertiary/aromatic N) is 9. The number of hydrazone groups is 4. The minimum absolute atomic E-state index is 0.0778. The molecule has 0 saturated carbocycles. The number of carbonyl (C=O) groups is 4. The van der Waals surface area contributed by atoms with Gasteiger partial charge in [0.15, 0.2) is 17.1 Å². The molecule has 476 valence electrons. The maximum absolute atomic E-state index is 12.5. The van der Waals surface area contributed by atoms with Crippen LogP contribution in [0.15, 0.2) is 160 Å². The Labute approximate surface area is 544 Å². The van der Waals surface area contributed by atoms with E-state index in [1.54, 1.807) is 49.9 Å². The molecule has 0 atom stereocenters. The highest BCUT2D eigenvalue weighted by Gasteiger charge is 2.27. The quantitative estimate of drug-likeness (QED) is 0.0287. The number of benzene rings is 6. The molecule has 0 saturated heterocycles. The first-order chi connectivity index (χ1) is 45.9. The van der Waals surface area contributed by atoms with Gasteiger partial charge in [0.2, 0.25) is 0 Å². The van der Waals surface area contributed by atoms with Gasteiger partial charge in [-0.15, -0.1) is 0 Å². The van der Waals surface area contributed by atoms with Gasteiger partial charge in [-0.2, -0.15) is 40.8 Å². The number of halogens is 1. The summed E-state index contributed by atoms with van der Waals surface area (Å²) in [7, 11) is 1.61. The highest BCUT2D eigenvalue weighted by Crippen LogP contribution is 2.34. The monoisotopic (exact) mass is 1280 g/mol. The molecule has 4 amide bonds. The van der Waals surface area contributed by atoms with Crippen LogP contribution in [0, 0.1) is 10.1 Å². The van der Waals surface area contributed by atoms with Crippen molar-refractivity contribution < 1.29 is 28.8 Å². The Morgan fingerprint density at radius 2 is 1.10 bits per heavy atom. The zero-order valence-corrected chi connectivity index (χ0v) is 52.2. The molecule has 0 unspecified atom stereocenters. The van der Waals surface area contributed by atoms with Crippen LogP contribution in [-0.2, 0) is 51.4 Å². The first kappa shape index (κ1) is 64.0. The molecule has 0 bridgehead atoms. The maximum atomic E-state index is 12.5. The number of aromatic nitrogens is 8. The lowest BCUT2D eigenvalue weighted by molar-refractivity contribution is -0.385. The third kappa shape index (κ3) is 15.6. The second-order valence-electron chi connectivity index (χ2n) is 22.4. The van der Waals surface area contributed by atoms with E-state index in [1.807, 2.05) is 79.7 Å². The summed E-state index contributed by atoms with van der Waals surface area (Å²) >= 11 is 5.81. The molecule has 8 N–H and O–H groups in total. The fourth-order valence-electron chi connectivity index (χ4n) is 11.4. The van der Waals surface area contributed by atoms with Crippen LogP contribution in [0.3, 0.4) is 0 Å². The van der Waals surface area contributed by atoms with Gasteiger partial charge in [-0.1, -0.05) is 109 Å². The fourth-order valence-corrected chi connectivity index (χ4v) is 11.6. The number of aromatic amines is 4. The van der Waals surface area contributed by atoms with Gasteiger partial charge in [-0.3, -0.25) is 49.7 Å². The molecule has 24 nitrogen and oxygen atoms in total. The molecule has 14 rings (SSSR count). The number of fused-ring (bicyclic) bond motifs is 7. The van der Waals surface area contributed by atoms with E-state index in [-0.39, 0.29) is 23.4 Å². The zero-order valence-electron chi connectivity index (χ0n) is 51.5. The number of methoxy groups -OCH3 is 1.